The molecule has 0 bridgehead atoms. The lowest BCUT2D eigenvalue weighted by molar-refractivity contribution is 0.160. The molecule has 2 rings (SSSR count). The average molecular weight is 427 g/mol. The maximum atomic E-state index is 5.95. The molecule has 1 fully saturated rings. The van der Waals surface area contributed by atoms with Crippen molar-refractivity contribution in [3.8, 4) is 5.75 Å². The van der Waals surface area contributed by atoms with E-state index < -0.39 is 0 Å². The van der Waals surface area contributed by atoms with Crippen LogP contribution in [0, 0.1) is 0 Å². The Kier molecular flexibility index (Phi) is 4.69. The van der Waals surface area contributed by atoms with Gasteiger partial charge < -0.3 is 9.47 Å². The second kappa shape index (κ2) is 5.87. The predicted octanol–water partition coefficient (Wildman–Crippen LogP) is 4.70. The van der Waals surface area contributed by atoms with Crippen molar-refractivity contribution in [2.75, 3.05) is 6.61 Å². The summed E-state index contributed by atoms with van der Waals surface area (Å²) < 4.78 is 14.1. The second-order valence-electron chi connectivity index (χ2n) is 3.75. The molecule has 0 radical (unpaired) electrons. The third-order valence-electron chi connectivity index (χ3n) is 2.43. The third kappa shape index (κ3) is 3.56. The highest BCUT2D eigenvalue weighted by atomic mass is 79.9. The Bertz CT molecular complexity index is 430. The van der Waals surface area contributed by atoms with Crippen molar-refractivity contribution in [3.63, 3.8) is 0 Å². The average Bonchev–Trinajstić information content (AvgIpc) is 3.08. The summed E-state index contributed by atoms with van der Waals surface area (Å²) in [4.78, 5) is 0. The SMILES string of the molecule is C=CCC(Oc1cc(Br)c(Br)cc1Br)C1CO1. The van der Waals surface area contributed by atoms with Crippen molar-refractivity contribution in [1.29, 1.82) is 0 Å². The van der Waals surface area contributed by atoms with E-state index in [0.717, 1.165) is 32.2 Å². The van der Waals surface area contributed by atoms with Crippen LogP contribution in [0.5, 0.6) is 5.75 Å². The Balaban J connectivity index is 2.15. The molecule has 5 heteroatoms. The molecule has 0 aromatic heterocycles. The van der Waals surface area contributed by atoms with E-state index in [0.29, 0.717) is 0 Å². The molecule has 17 heavy (non-hydrogen) atoms. The van der Waals surface area contributed by atoms with Crippen LogP contribution in [-0.2, 0) is 4.74 Å². The van der Waals surface area contributed by atoms with Crippen molar-refractivity contribution in [2.45, 2.75) is 18.6 Å². The molecule has 92 valence electrons. The topological polar surface area (TPSA) is 21.8 Å². The summed E-state index contributed by atoms with van der Waals surface area (Å²) in [6.45, 7) is 4.51. The van der Waals surface area contributed by atoms with Crippen LogP contribution in [0.3, 0.4) is 0 Å². The van der Waals surface area contributed by atoms with Crippen LogP contribution in [0.25, 0.3) is 0 Å². The van der Waals surface area contributed by atoms with Gasteiger partial charge in [0.2, 0.25) is 0 Å². The van der Waals surface area contributed by atoms with Gasteiger partial charge in [0.15, 0.2) is 0 Å². The zero-order valence-electron chi connectivity index (χ0n) is 8.96. The molecule has 1 saturated heterocycles. The van der Waals surface area contributed by atoms with Crippen LogP contribution >= 0.6 is 47.8 Å². The third-order valence-corrected chi connectivity index (χ3v) is 4.89. The number of rotatable bonds is 5. The normalized spacial score (nSPS) is 19.8. The Morgan fingerprint density at radius 3 is 2.59 bits per heavy atom. The second-order valence-corrected chi connectivity index (χ2v) is 6.31. The fourth-order valence-corrected chi connectivity index (χ4v) is 2.88. The number of hydrogen-bond acceptors (Lipinski definition) is 2. The molecule has 1 heterocycles. The summed E-state index contributed by atoms with van der Waals surface area (Å²) in [5.74, 6) is 0.808. The van der Waals surface area contributed by atoms with E-state index in [4.69, 9.17) is 9.47 Å². The fraction of sp³-hybridized carbons (Fsp3) is 0.333. The van der Waals surface area contributed by atoms with E-state index in [-0.39, 0.29) is 12.2 Å². The molecule has 0 aliphatic carbocycles. The lowest BCUT2D eigenvalue weighted by Crippen LogP contribution is -2.22. The first-order valence-corrected chi connectivity index (χ1v) is 7.53. The lowest BCUT2D eigenvalue weighted by Gasteiger charge is -2.17. The number of benzene rings is 1. The predicted molar refractivity (Wildman–Crippen MR) is 78.5 cm³/mol. The molecular formula is C12H11Br3O2. The van der Waals surface area contributed by atoms with E-state index in [2.05, 4.69) is 54.4 Å². The monoisotopic (exact) mass is 424 g/mol. The van der Waals surface area contributed by atoms with Gasteiger partial charge in [0.05, 0.1) is 11.1 Å². The number of halogens is 3. The molecule has 2 atom stereocenters. The van der Waals surface area contributed by atoms with E-state index >= 15 is 0 Å². The van der Waals surface area contributed by atoms with Gasteiger partial charge in [-0.1, -0.05) is 6.08 Å². The van der Waals surface area contributed by atoms with Crippen LogP contribution in [0.2, 0.25) is 0 Å². The van der Waals surface area contributed by atoms with Gasteiger partial charge in [-0.15, -0.1) is 6.58 Å². The van der Waals surface area contributed by atoms with E-state index in [9.17, 15) is 0 Å². The summed E-state index contributed by atoms with van der Waals surface area (Å²) in [5.41, 5.74) is 0. The van der Waals surface area contributed by atoms with Gasteiger partial charge in [0.25, 0.3) is 0 Å². The van der Waals surface area contributed by atoms with Gasteiger partial charge in [-0.2, -0.15) is 0 Å². The Hall–Kier alpha value is 0.160. The summed E-state index contributed by atoms with van der Waals surface area (Å²) in [6.07, 6.45) is 2.87. The fourth-order valence-electron chi connectivity index (χ4n) is 1.47. The van der Waals surface area contributed by atoms with Crippen molar-refractivity contribution in [2.24, 2.45) is 0 Å². The number of ether oxygens (including phenoxy) is 2. The zero-order chi connectivity index (χ0) is 12.4. The first kappa shape index (κ1) is 13.6. The van der Waals surface area contributed by atoms with Crippen molar-refractivity contribution >= 4 is 47.8 Å². The molecule has 1 aliphatic rings. The van der Waals surface area contributed by atoms with Crippen molar-refractivity contribution in [3.05, 3.63) is 38.2 Å². The first-order chi connectivity index (χ1) is 8.11. The number of epoxide rings is 1. The molecule has 1 aromatic carbocycles. The summed E-state index contributed by atoms with van der Waals surface area (Å²) in [5, 5.41) is 0. The minimum absolute atomic E-state index is 0.0388. The maximum absolute atomic E-state index is 5.95. The maximum Gasteiger partial charge on any atom is 0.135 e. The van der Waals surface area contributed by atoms with Gasteiger partial charge in [-0.05, 0) is 59.9 Å². The van der Waals surface area contributed by atoms with Gasteiger partial charge in [-0.3, -0.25) is 0 Å². The van der Waals surface area contributed by atoms with Crippen molar-refractivity contribution in [1.82, 2.24) is 0 Å². The highest BCUT2D eigenvalue weighted by molar-refractivity contribution is 9.13. The molecule has 2 unspecified atom stereocenters. The number of hydrogen-bond donors (Lipinski definition) is 0. The van der Waals surface area contributed by atoms with Gasteiger partial charge >= 0.3 is 0 Å². The van der Waals surface area contributed by atoms with Crippen molar-refractivity contribution < 1.29 is 9.47 Å². The zero-order valence-corrected chi connectivity index (χ0v) is 13.7. The molecule has 0 N–H and O–H groups in total. The minimum Gasteiger partial charge on any atom is -0.486 e. The Morgan fingerprint density at radius 1 is 1.35 bits per heavy atom. The molecular weight excluding hydrogens is 416 g/mol. The van der Waals surface area contributed by atoms with E-state index in [1.54, 1.807) is 0 Å². The van der Waals surface area contributed by atoms with E-state index in [1.807, 2.05) is 18.2 Å². The van der Waals surface area contributed by atoms with Gasteiger partial charge in [-0.25, -0.2) is 0 Å². The van der Waals surface area contributed by atoms with Gasteiger partial charge in [0, 0.05) is 15.4 Å². The van der Waals surface area contributed by atoms with Crippen LogP contribution in [-0.4, -0.2) is 18.8 Å². The molecule has 0 spiro atoms. The minimum atomic E-state index is 0.0388. The van der Waals surface area contributed by atoms with E-state index in [1.165, 1.54) is 0 Å². The molecule has 0 amide bonds. The molecule has 0 saturated carbocycles. The van der Waals surface area contributed by atoms with Gasteiger partial charge in [0.1, 0.15) is 18.0 Å². The molecule has 1 aliphatic heterocycles. The lowest BCUT2D eigenvalue weighted by atomic mass is 10.2. The van der Waals surface area contributed by atoms with Crippen LogP contribution in [0.1, 0.15) is 6.42 Å². The summed E-state index contributed by atoms with van der Waals surface area (Å²) in [6, 6.07) is 3.89. The Labute approximate surface area is 126 Å². The molecule has 2 nitrogen and oxygen atoms in total. The van der Waals surface area contributed by atoms with Crippen LogP contribution < -0.4 is 4.74 Å². The molecule has 1 aromatic rings. The summed E-state index contributed by atoms with van der Waals surface area (Å²) in [7, 11) is 0. The standard InChI is InChI=1S/C12H11Br3O2/c1-2-3-10(12-6-16-12)17-11-5-8(14)7(13)4-9(11)15/h2,4-5,10,12H,1,3,6H2. The smallest absolute Gasteiger partial charge is 0.135 e. The highest BCUT2D eigenvalue weighted by Crippen LogP contribution is 2.36. The van der Waals surface area contributed by atoms with Crippen LogP contribution in [0.4, 0.5) is 0 Å². The Morgan fingerprint density at radius 2 is 2.00 bits per heavy atom. The largest absolute Gasteiger partial charge is 0.486 e. The van der Waals surface area contributed by atoms with Crippen LogP contribution in [0.15, 0.2) is 38.2 Å². The first-order valence-electron chi connectivity index (χ1n) is 5.15. The quantitative estimate of drug-likeness (QED) is 0.387. The highest BCUT2D eigenvalue weighted by Gasteiger charge is 2.34. The summed E-state index contributed by atoms with van der Waals surface area (Å²) >= 11 is 10.4.